The molecule has 35 heavy (non-hydrogen) atoms. The molecule has 186 valence electrons. The van der Waals surface area contributed by atoms with Gasteiger partial charge in [0.05, 0.1) is 30.4 Å². The summed E-state index contributed by atoms with van der Waals surface area (Å²) >= 11 is 0. The normalized spacial score (nSPS) is 11.6. The quantitative estimate of drug-likeness (QED) is 0.473. The molecule has 0 saturated heterocycles. The first-order valence-corrected chi connectivity index (χ1v) is 11.6. The lowest BCUT2D eigenvalue weighted by molar-refractivity contribution is -0.137. The number of anilines is 1. The van der Waals surface area contributed by atoms with Crippen LogP contribution in [-0.2, 0) is 27.5 Å². The number of carbonyl (C=O) groups is 1. The number of benzene rings is 2. The molecule has 0 aliphatic heterocycles. The molecule has 8 nitrogen and oxygen atoms in total. The number of carbonyl (C=O) groups excluding carboxylic acids is 1. The molecular formula is C23H22F3N3O5S. The van der Waals surface area contributed by atoms with E-state index in [4.69, 9.17) is 9.47 Å². The predicted molar refractivity (Wildman–Crippen MR) is 122 cm³/mol. The zero-order valence-corrected chi connectivity index (χ0v) is 19.6. The zero-order valence-electron chi connectivity index (χ0n) is 18.7. The van der Waals surface area contributed by atoms with Crippen LogP contribution in [0, 0.1) is 0 Å². The third-order valence-corrected chi connectivity index (χ3v) is 6.70. The first-order valence-electron chi connectivity index (χ1n) is 10.1. The van der Waals surface area contributed by atoms with Gasteiger partial charge in [-0.3, -0.25) is 14.1 Å². The molecule has 2 aromatic carbocycles. The van der Waals surface area contributed by atoms with Crippen molar-refractivity contribution in [3.63, 3.8) is 0 Å². The number of alkyl halides is 3. The molecule has 0 aliphatic rings. The van der Waals surface area contributed by atoms with Crippen molar-refractivity contribution in [2.24, 2.45) is 0 Å². The standard InChI is InChI=1S/C23H22F3N3O5S/c1-33-20-7-6-19(13-21(20)34-2)35(31,32)29(18-5-3-4-17(12-18)23(24,25)26)15-22(30)28-14-16-8-10-27-11-9-16/h3-13H,14-15H2,1-2H3,(H,28,30). The van der Waals surface area contributed by atoms with Crippen molar-refractivity contribution in [3.8, 4) is 11.5 Å². The molecule has 0 bridgehead atoms. The molecule has 1 amide bonds. The van der Waals surface area contributed by atoms with Gasteiger partial charge in [0.25, 0.3) is 10.0 Å². The Balaban J connectivity index is 2.00. The van der Waals surface area contributed by atoms with Gasteiger partial charge in [-0.1, -0.05) is 6.07 Å². The monoisotopic (exact) mass is 509 g/mol. The smallest absolute Gasteiger partial charge is 0.416 e. The molecule has 3 aromatic rings. The van der Waals surface area contributed by atoms with Gasteiger partial charge in [-0.25, -0.2) is 8.42 Å². The maximum absolute atomic E-state index is 13.5. The van der Waals surface area contributed by atoms with Gasteiger partial charge in [0.15, 0.2) is 11.5 Å². The van der Waals surface area contributed by atoms with Gasteiger partial charge in [0.1, 0.15) is 6.54 Å². The summed E-state index contributed by atoms with van der Waals surface area (Å²) in [5, 5.41) is 2.57. The van der Waals surface area contributed by atoms with Gasteiger partial charge in [0.2, 0.25) is 5.91 Å². The molecule has 0 aliphatic carbocycles. The second-order valence-corrected chi connectivity index (χ2v) is 9.07. The van der Waals surface area contributed by atoms with E-state index in [-0.39, 0.29) is 28.6 Å². The zero-order chi connectivity index (χ0) is 25.6. The van der Waals surface area contributed by atoms with Crippen LogP contribution >= 0.6 is 0 Å². The topological polar surface area (TPSA) is 97.8 Å². The van der Waals surface area contributed by atoms with Crippen molar-refractivity contribution in [2.75, 3.05) is 25.1 Å². The minimum Gasteiger partial charge on any atom is -0.493 e. The number of amides is 1. The summed E-state index contributed by atoms with van der Waals surface area (Å²) < 4.78 is 77.9. The lowest BCUT2D eigenvalue weighted by Gasteiger charge is -2.25. The van der Waals surface area contributed by atoms with Crippen LogP contribution in [0.1, 0.15) is 11.1 Å². The number of ether oxygens (including phenoxy) is 2. The second-order valence-electron chi connectivity index (χ2n) is 7.21. The van der Waals surface area contributed by atoms with E-state index in [1.54, 1.807) is 12.1 Å². The van der Waals surface area contributed by atoms with Crippen LogP contribution in [0.15, 0.2) is 71.9 Å². The fourth-order valence-electron chi connectivity index (χ4n) is 3.14. The van der Waals surface area contributed by atoms with E-state index in [9.17, 15) is 26.4 Å². The molecular weight excluding hydrogens is 487 g/mol. The van der Waals surface area contributed by atoms with Crippen LogP contribution in [0.25, 0.3) is 0 Å². The van der Waals surface area contributed by atoms with E-state index in [1.807, 2.05) is 0 Å². The van der Waals surface area contributed by atoms with Crippen molar-refractivity contribution in [2.45, 2.75) is 17.6 Å². The molecule has 3 rings (SSSR count). The second kappa shape index (κ2) is 10.6. The number of rotatable bonds is 9. The number of hydrogen-bond acceptors (Lipinski definition) is 6. The average molecular weight is 510 g/mol. The summed E-state index contributed by atoms with van der Waals surface area (Å²) in [7, 11) is -1.81. The maximum Gasteiger partial charge on any atom is 0.416 e. The lowest BCUT2D eigenvalue weighted by Crippen LogP contribution is -2.40. The van der Waals surface area contributed by atoms with Crippen molar-refractivity contribution < 1.29 is 35.9 Å². The number of nitrogens with zero attached hydrogens (tertiary/aromatic N) is 2. The molecule has 0 atom stereocenters. The number of pyridine rings is 1. The maximum atomic E-state index is 13.5. The van der Waals surface area contributed by atoms with Crippen LogP contribution in [0.3, 0.4) is 0 Å². The molecule has 0 fully saturated rings. The van der Waals surface area contributed by atoms with E-state index in [2.05, 4.69) is 10.3 Å². The van der Waals surface area contributed by atoms with Crippen molar-refractivity contribution in [1.29, 1.82) is 0 Å². The number of hydrogen-bond donors (Lipinski definition) is 1. The Labute approximate surface area is 200 Å². The minimum atomic E-state index is -4.71. The number of nitrogens with one attached hydrogen (secondary N) is 1. The highest BCUT2D eigenvalue weighted by molar-refractivity contribution is 7.92. The Morgan fingerprint density at radius 1 is 1.00 bits per heavy atom. The van der Waals surface area contributed by atoms with Crippen LogP contribution in [0.5, 0.6) is 11.5 Å². The van der Waals surface area contributed by atoms with Crippen LogP contribution in [-0.4, -0.2) is 40.1 Å². The summed E-state index contributed by atoms with van der Waals surface area (Å²) in [5.41, 5.74) is -0.671. The van der Waals surface area contributed by atoms with E-state index in [0.717, 1.165) is 12.1 Å². The fourth-order valence-corrected chi connectivity index (χ4v) is 4.57. The molecule has 1 heterocycles. The SMILES string of the molecule is COc1ccc(S(=O)(=O)N(CC(=O)NCc2ccncc2)c2cccc(C(F)(F)F)c2)cc1OC. The van der Waals surface area contributed by atoms with Crippen molar-refractivity contribution in [3.05, 3.63) is 78.1 Å². The number of halogens is 3. The average Bonchev–Trinajstić information content (AvgIpc) is 2.85. The first kappa shape index (κ1) is 25.8. The Morgan fingerprint density at radius 2 is 1.69 bits per heavy atom. The van der Waals surface area contributed by atoms with E-state index in [0.29, 0.717) is 15.9 Å². The van der Waals surface area contributed by atoms with Crippen LogP contribution in [0.2, 0.25) is 0 Å². The molecule has 12 heteroatoms. The van der Waals surface area contributed by atoms with Gasteiger partial charge in [-0.05, 0) is 48.0 Å². The largest absolute Gasteiger partial charge is 0.493 e. The van der Waals surface area contributed by atoms with Gasteiger partial charge < -0.3 is 14.8 Å². The summed E-state index contributed by atoms with van der Waals surface area (Å²) in [6, 6.07) is 10.8. The van der Waals surface area contributed by atoms with Crippen molar-refractivity contribution >= 4 is 21.6 Å². The molecule has 1 N–H and O–H groups in total. The Hall–Kier alpha value is -3.80. The summed E-state index contributed by atoms with van der Waals surface area (Å²) in [6.45, 7) is -0.683. The fraction of sp³-hybridized carbons (Fsp3) is 0.217. The van der Waals surface area contributed by atoms with E-state index >= 15 is 0 Å². The number of methoxy groups -OCH3 is 2. The van der Waals surface area contributed by atoms with Crippen LogP contribution in [0.4, 0.5) is 18.9 Å². The van der Waals surface area contributed by atoms with Gasteiger partial charge >= 0.3 is 6.18 Å². The molecule has 0 spiro atoms. The van der Waals surface area contributed by atoms with E-state index in [1.165, 1.54) is 50.9 Å². The molecule has 0 radical (unpaired) electrons. The Bertz CT molecular complexity index is 1290. The first-order chi connectivity index (χ1) is 16.6. The number of sulfonamides is 1. The van der Waals surface area contributed by atoms with E-state index < -0.39 is 34.2 Å². The highest BCUT2D eigenvalue weighted by Gasteiger charge is 2.33. The highest BCUT2D eigenvalue weighted by Crippen LogP contribution is 2.35. The highest BCUT2D eigenvalue weighted by atomic mass is 32.2. The third-order valence-electron chi connectivity index (χ3n) is 4.93. The summed E-state index contributed by atoms with van der Waals surface area (Å²) in [6.07, 6.45) is -1.66. The molecule has 0 unspecified atom stereocenters. The third kappa shape index (κ3) is 6.21. The molecule has 0 saturated carbocycles. The Kier molecular flexibility index (Phi) is 7.85. The van der Waals surface area contributed by atoms with Crippen LogP contribution < -0.4 is 19.1 Å². The molecule has 1 aromatic heterocycles. The number of aromatic nitrogens is 1. The van der Waals surface area contributed by atoms with Gasteiger partial charge in [-0.15, -0.1) is 0 Å². The van der Waals surface area contributed by atoms with Gasteiger partial charge in [0, 0.05) is 25.0 Å². The minimum absolute atomic E-state index is 0.0776. The predicted octanol–water partition coefficient (Wildman–Crippen LogP) is 3.63. The van der Waals surface area contributed by atoms with Gasteiger partial charge in [-0.2, -0.15) is 13.2 Å². The van der Waals surface area contributed by atoms with Crippen molar-refractivity contribution in [1.82, 2.24) is 10.3 Å². The summed E-state index contributed by atoms with van der Waals surface area (Å²) in [5.74, 6) is -0.366. The Morgan fingerprint density at radius 3 is 2.31 bits per heavy atom. The summed E-state index contributed by atoms with van der Waals surface area (Å²) in [4.78, 5) is 16.3. The lowest BCUT2D eigenvalue weighted by atomic mass is 10.2.